The first-order valence-electron chi connectivity index (χ1n) is 5.48. The molecule has 0 aliphatic carbocycles. The van der Waals surface area contributed by atoms with Gasteiger partial charge in [-0.1, -0.05) is 20.8 Å². The molecule has 86 valence electrons. The molecule has 3 N–H and O–H groups in total. The second-order valence-corrected chi connectivity index (χ2v) is 4.47. The maximum Gasteiger partial charge on any atom is 0.122 e. The minimum Gasteiger partial charge on any atom is -0.394 e. The van der Waals surface area contributed by atoms with Crippen molar-refractivity contribution in [2.75, 3.05) is 12.3 Å². The van der Waals surface area contributed by atoms with Crippen LogP contribution in [0.3, 0.4) is 0 Å². The fraction of sp³-hybridized carbons (Fsp3) is 0.727. The average Bonchev–Trinajstić information content (AvgIpc) is 2.47. The maximum absolute atomic E-state index is 8.82. The Morgan fingerprint density at radius 1 is 1.47 bits per heavy atom. The Labute approximate surface area is 91.1 Å². The van der Waals surface area contributed by atoms with E-state index in [0.29, 0.717) is 24.2 Å². The van der Waals surface area contributed by atoms with Crippen LogP contribution in [0.1, 0.15) is 38.8 Å². The molecule has 0 aliphatic heterocycles. The van der Waals surface area contributed by atoms with Gasteiger partial charge in [0.15, 0.2) is 0 Å². The van der Waals surface area contributed by atoms with Crippen LogP contribution in [-0.2, 0) is 6.54 Å². The highest BCUT2D eigenvalue weighted by molar-refractivity contribution is 5.32. The predicted molar refractivity (Wildman–Crippen MR) is 61.6 cm³/mol. The SMILES string of the molecule is CC(C)CC(C)c1cc(N)n(CCO)n1. The largest absolute Gasteiger partial charge is 0.394 e. The second-order valence-electron chi connectivity index (χ2n) is 4.47. The molecule has 1 unspecified atom stereocenters. The summed E-state index contributed by atoms with van der Waals surface area (Å²) in [4.78, 5) is 0. The summed E-state index contributed by atoms with van der Waals surface area (Å²) in [6.45, 7) is 7.10. The van der Waals surface area contributed by atoms with Gasteiger partial charge in [0.2, 0.25) is 0 Å². The van der Waals surface area contributed by atoms with Crippen LogP contribution in [0.15, 0.2) is 6.07 Å². The van der Waals surface area contributed by atoms with Gasteiger partial charge in [0.1, 0.15) is 5.82 Å². The van der Waals surface area contributed by atoms with Gasteiger partial charge < -0.3 is 10.8 Å². The molecule has 1 heterocycles. The maximum atomic E-state index is 8.82. The van der Waals surface area contributed by atoms with Gasteiger partial charge in [0, 0.05) is 12.0 Å². The summed E-state index contributed by atoms with van der Waals surface area (Å²) in [7, 11) is 0. The van der Waals surface area contributed by atoms with Crippen LogP contribution in [-0.4, -0.2) is 21.5 Å². The third kappa shape index (κ3) is 3.23. The molecule has 0 spiro atoms. The summed E-state index contributed by atoms with van der Waals surface area (Å²) in [5.74, 6) is 1.71. The molecule has 0 aromatic carbocycles. The van der Waals surface area contributed by atoms with Gasteiger partial charge in [0.05, 0.1) is 18.8 Å². The Bertz CT molecular complexity index is 307. The number of nitrogens with zero attached hydrogens (tertiary/aromatic N) is 2. The summed E-state index contributed by atoms with van der Waals surface area (Å²) >= 11 is 0. The Morgan fingerprint density at radius 2 is 2.13 bits per heavy atom. The van der Waals surface area contributed by atoms with Crippen LogP contribution >= 0.6 is 0 Å². The molecular formula is C11H21N3O. The van der Waals surface area contributed by atoms with E-state index in [4.69, 9.17) is 10.8 Å². The molecule has 0 aliphatic rings. The summed E-state index contributed by atoms with van der Waals surface area (Å²) in [6, 6.07) is 1.91. The van der Waals surface area contributed by atoms with Crippen molar-refractivity contribution < 1.29 is 5.11 Å². The Balaban J connectivity index is 2.73. The van der Waals surface area contributed by atoms with Crippen molar-refractivity contribution >= 4 is 5.82 Å². The van der Waals surface area contributed by atoms with Crippen molar-refractivity contribution in [2.45, 2.75) is 39.7 Å². The molecule has 4 heteroatoms. The predicted octanol–water partition coefficient (Wildman–Crippen LogP) is 1.61. The second kappa shape index (κ2) is 5.16. The number of anilines is 1. The van der Waals surface area contributed by atoms with Gasteiger partial charge in [-0.25, -0.2) is 4.68 Å². The van der Waals surface area contributed by atoms with Crippen LogP contribution in [0.5, 0.6) is 0 Å². The van der Waals surface area contributed by atoms with E-state index in [1.54, 1.807) is 4.68 Å². The molecule has 1 rings (SSSR count). The first kappa shape index (κ1) is 12.0. The van der Waals surface area contributed by atoms with Gasteiger partial charge in [-0.05, 0) is 12.3 Å². The fourth-order valence-corrected chi connectivity index (χ4v) is 1.79. The zero-order chi connectivity index (χ0) is 11.4. The smallest absolute Gasteiger partial charge is 0.122 e. The van der Waals surface area contributed by atoms with Crippen molar-refractivity contribution in [2.24, 2.45) is 5.92 Å². The van der Waals surface area contributed by atoms with E-state index in [-0.39, 0.29) is 6.61 Å². The highest BCUT2D eigenvalue weighted by atomic mass is 16.3. The highest BCUT2D eigenvalue weighted by Crippen LogP contribution is 2.23. The normalized spacial score (nSPS) is 13.4. The van der Waals surface area contributed by atoms with Crippen LogP contribution in [0.25, 0.3) is 0 Å². The zero-order valence-electron chi connectivity index (χ0n) is 9.77. The molecule has 0 fully saturated rings. The molecule has 0 bridgehead atoms. The molecule has 0 saturated heterocycles. The van der Waals surface area contributed by atoms with E-state index in [1.807, 2.05) is 6.07 Å². The van der Waals surface area contributed by atoms with Gasteiger partial charge >= 0.3 is 0 Å². The average molecular weight is 211 g/mol. The third-order valence-corrected chi connectivity index (χ3v) is 2.47. The topological polar surface area (TPSA) is 64.1 Å². The van der Waals surface area contributed by atoms with Crippen LogP contribution in [0.2, 0.25) is 0 Å². The van der Waals surface area contributed by atoms with E-state index >= 15 is 0 Å². The monoisotopic (exact) mass is 211 g/mol. The number of nitrogen functional groups attached to an aromatic ring is 1. The van der Waals surface area contributed by atoms with Crippen molar-refractivity contribution in [1.29, 1.82) is 0 Å². The van der Waals surface area contributed by atoms with Crippen molar-refractivity contribution in [3.63, 3.8) is 0 Å². The van der Waals surface area contributed by atoms with Gasteiger partial charge in [-0.15, -0.1) is 0 Å². The van der Waals surface area contributed by atoms with E-state index in [2.05, 4.69) is 25.9 Å². The zero-order valence-corrected chi connectivity index (χ0v) is 9.77. The van der Waals surface area contributed by atoms with Crippen LogP contribution in [0.4, 0.5) is 5.82 Å². The number of rotatable bonds is 5. The molecule has 1 aromatic heterocycles. The van der Waals surface area contributed by atoms with E-state index in [0.717, 1.165) is 12.1 Å². The number of aromatic nitrogens is 2. The Morgan fingerprint density at radius 3 is 2.67 bits per heavy atom. The standard InChI is InChI=1S/C11H21N3O/c1-8(2)6-9(3)10-7-11(12)14(13-10)4-5-15/h7-9,15H,4-6,12H2,1-3H3. The number of hydrogen-bond donors (Lipinski definition) is 2. The van der Waals surface area contributed by atoms with Crippen molar-refractivity contribution in [3.05, 3.63) is 11.8 Å². The van der Waals surface area contributed by atoms with E-state index in [9.17, 15) is 0 Å². The highest BCUT2D eigenvalue weighted by Gasteiger charge is 2.13. The lowest BCUT2D eigenvalue weighted by atomic mass is 9.96. The lowest BCUT2D eigenvalue weighted by molar-refractivity contribution is 0.270. The third-order valence-electron chi connectivity index (χ3n) is 2.47. The molecular weight excluding hydrogens is 190 g/mol. The van der Waals surface area contributed by atoms with E-state index in [1.165, 1.54) is 0 Å². The Hall–Kier alpha value is -1.03. The van der Waals surface area contributed by atoms with Crippen LogP contribution in [0, 0.1) is 5.92 Å². The van der Waals surface area contributed by atoms with E-state index < -0.39 is 0 Å². The lowest BCUT2D eigenvalue weighted by Crippen LogP contribution is -2.08. The molecule has 1 aromatic rings. The summed E-state index contributed by atoms with van der Waals surface area (Å²) < 4.78 is 1.66. The van der Waals surface area contributed by atoms with Gasteiger partial charge in [-0.3, -0.25) is 0 Å². The molecule has 0 amide bonds. The summed E-state index contributed by atoms with van der Waals surface area (Å²) in [5, 5.41) is 13.2. The van der Waals surface area contributed by atoms with Gasteiger partial charge in [-0.2, -0.15) is 5.10 Å². The fourth-order valence-electron chi connectivity index (χ4n) is 1.79. The first-order valence-corrected chi connectivity index (χ1v) is 5.48. The number of aliphatic hydroxyl groups excluding tert-OH is 1. The number of nitrogens with two attached hydrogens (primary N) is 1. The lowest BCUT2D eigenvalue weighted by Gasteiger charge is -2.10. The first-order chi connectivity index (χ1) is 7.04. The molecule has 0 radical (unpaired) electrons. The molecule has 15 heavy (non-hydrogen) atoms. The number of aliphatic hydroxyl groups is 1. The van der Waals surface area contributed by atoms with Crippen molar-refractivity contribution in [1.82, 2.24) is 9.78 Å². The summed E-state index contributed by atoms with van der Waals surface area (Å²) in [6.07, 6.45) is 1.11. The minimum atomic E-state index is 0.0733. The number of hydrogen-bond acceptors (Lipinski definition) is 3. The molecule has 0 saturated carbocycles. The quantitative estimate of drug-likeness (QED) is 0.777. The summed E-state index contributed by atoms with van der Waals surface area (Å²) in [5.41, 5.74) is 6.81. The Kier molecular flexibility index (Phi) is 4.15. The van der Waals surface area contributed by atoms with Crippen LogP contribution < -0.4 is 5.73 Å². The minimum absolute atomic E-state index is 0.0733. The van der Waals surface area contributed by atoms with Crippen molar-refractivity contribution in [3.8, 4) is 0 Å². The molecule has 1 atom stereocenters. The van der Waals surface area contributed by atoms with Gasteiger partial charge in [0.25, 0.3) is 0 Å². The molecule has 4 nitrogen and oxygen atoms in total.